The Balaban J connectivity index is 1.57. The van der Waals surface area contributed by atoms with E-state index in [1.165, 1.54) is 0 Å². The average molecular weight is 501 g/mol. The second kappa shape index (κ2) is 10.6. The minimum atomic E-state index is -0.686. The molecule has 3 aromatic rings. The summed E-state index contributed by atoms with van der Waals surface area (Å²) < 4.78 is 5.10. The number of halogens is 2. The van der Waals surface area contributed by atoms with E-state index in [0.29, 0.717) is 41.1 Å². The molecule has 9 heteroatoms. The molecule has 2 atom stereocenters. The molecule has 1 aliphatic rings. The van der Waals surface area contributed by atoms with Gasteiger partial charge in [-0.1, -0.05) is 35.3 Å². The summed E-state index contributed by atoms with van der Waals surface area (Å²) in [5.74, 6) is -0.0128. The second-order valence-electron chi connectivity index (χ2n) is 8.20. The highest BCUT2D eigenvalue weighted by molar-refractivity contribution is 6.33. The van der Waals surface area contributed by atoms with Crippen molar-refractivity contribution in [2.75, 3.05) is 38.2 Å². The number of aromatic nitrogens is 1. The molecule has 4 rings (SSSR count). The highest BCUT2D eigenvalue weighted by Crippen LogP contribution is 2.36. The number of primary amides is 1. The number of β-amino-alcohol motifs (C(OH)–C–C–N with tert-alkyl or cyclic N) is 1. The van der Waals surface area contributed by atoms with Crippen LogP contribution in [0.1, 0.15) is 33.6 Å². The van der Waals surface area contributed by atoms with E-state index in [9.17, 15) is 9.90 Å². The molecule has 1 aliphatic heterocycles. The van der Waals surface area contributed by atoms with E-state index in [4.69, 9.17) is 33.7 Å². The van der Waals surface area contributed by atoms with Crippen LogP contribution >= 0.6 is 23.2 Å². The van der Waals surface area contributed by atoms with Crippen LogP contribution in [0.15, 0.2) is 60.8 Å². The zero-order valence-electron chi connectivity index (χ0n) is 18.7. The van der Waals surface area contributed by atoms with E-state index in [1.54, 1.807) is 31.5 Å². The summed E-state index contributed by atoms with van der Waals surface area (Å²) in [6.45, 7) is 2.52. The van der Waals surface area contributed by atoms with Gasteiger partial charge in [0.2, 0.25) is 11.8 Å². The number of anilines is 1. The van der Waals surface area contributed by atoms with Crippen molar-refractivity contribution in [1.82, 2.24) is 9.88 Å². The lowest BCUT2D eigenvalue weighted by molar-refractivity contribution is 0.0999. The highest BCUT2D eigenvalue weighted by atomic mass is 35.5. The third-order valence-electron chi connectivity index (χ3n) is 6.05. The number of piperazine rings is 1. The van der Waals surface area contributed by atoms with Crippen molar-refractivity contribution < 1.29 is 14.6 Å². The van der Waals surface area contributed by atoms with Crippen molar-refractivity contribution in [2.24, 2.45) is 5.73 Å². The normalized spacial score (nSPS) is 17.4. The largest absolute Gasteiger partial charge is 0.481 e. The van der Waals surface area contributed by atoms with Crippen molar-refractivity contribution in [2.45, 2.75) is 12.1 Å². The number of aliphatic hydroxyl groups is 1. The predicted molar refractivity (Wildman–Crippen MR) is 134 cm³/mol. The van der Waals surface area contributed by atoms with Gasteiger partial charge in [0, 0.05) is 54.6 Å². The monoisotopic (exact) mass is 500 g/mol. The number of rotatable bonds is 7. The van der Waals surface area contributed by atoms with Gasteiger partial charge in [-0.3, -0.25) is 9.69 Å². The fraction of sp³-hybridized carbons (Fsp3) is 0.280. The molecule has 0 spiro atoms. The number of aliphatic hydroxyl groups excluding tert-OH is 1. The minimum Gasteiger partial charge on any atom is -0.481 e. The molecular formula is C25H26Cl2N4O3. The number of nitrogens with zero attached hydrogens (tertiary/aromatic N) is 3. The van der Waals surface area contributed by atoms with Gasteiger partial charge in [-0.15, -0.1) is 0 Å². The fourth-order valence-corrected chi connectivity index (χ4v) is 4.63. The number of benzene rings is 2. The summed E-state index contributed by atoms with van der Waals surface area (Å²) >= 11 is 12.7. The summed E-state index contributed by atoms with van der Waals surface area (Å²) in [5.41, 5.74) is 8.41. The Morgan fingerprint density at radius 1 is 1.18 bits per heavy atom. The van der Waals surface area contributed by atoms with Gasteiger partial charge in [0.1, 0.15) is 0 Å². The Morgan fingerprint density at radius 3 is 2.56 bits per heavy atom. The topological polar surface area (TPSA) is 91.9 Å². The Labute approximate surface area is 208 Å². The standard InChI is InChI=1S/C25H26Cl2N4O3/c1-34-24-9-5-18(13-29-24)23(32)15-30-10-11-31(21-8-4-17(25(28)33)12-20(21)27)22(14-30)16-2-6-19(26)7-3-16/h2-9,12-13,22-23,32H,10-11,14-15H2,1H3,(H2,28,33)/t22-,23?/m0/s1. The molecular weight excluding hydrogens is 475 g/mol. The minimum absolute atomic E-state index is 0.0378. The van der Waals surface area contributed by atoms with E-state index in [2.05, 4.69) is 14.8 Å². The molecule has 0 aliphatic carbocycles. The van der Waals surface area contributed by atoms with E-state index in [0.717, 1.165) is 23.4 Å². The van der Waals surface area contributed by atoms with Gasteiger partial charge in [0.25, 0.3) is 0 Å². The van der Waals surface area contributed by atoms with Crippen LogP contribution < -0.4 is 15.4 Å². The first-order valence-electron chi connectivity index (χ1n) is 10.9. The zero-order chi connectivity index (χ0) is 24.2. The summed E-state index contributed by atoms with van der Waals surface area (Å²) in [6, 6.07) is 16.4. The zero-order valence-corrected chi connectivity index (χ0v) is 20.2. The number of amides is 1. The van der Waals surface area contributed by atoms with Crippen molar-refractivity contribution in [3.05, 3.63) is 87.5 Å². The molecule has 2 heterocycles. The number of hydrogen-bond donors (Lipinski definition) is 2. The molecule has 1 saturated heterocycles. The molecule has 7 nitrogen and oxygen atoms in total. The van der Waals surface area contributed by atoms with Crippen LogP contribution in [0.25, 0.3) is 0 Å². The lowest BCUT2D eigenvalue weighted by Crippen LogP contribution is -2.49. The van der Waals surface area contributed by atoms with E-state index >= 15 is 0 Å². The maximum atomic E-state index is 11.6. The highest BCUT2D eigenvalue weighted by Gasteiger charge is 2.31. The van der Waals surface area contributed by atoms with E-state index in [1.807, 2.05) is 36.4 Å². The SMILES string of the molecule is COc1ccc(C(O)CN2CCN(c3ccc(C(N)=O)cc3Cl)[C@H](c3ccc(Cl)cc3)C2)cn1. The van der Waals surface area contributed by atoms with Gasteiger partial charge in [0.05, 0.1) is 30.0 Å². The Morgan fingerprint density at radius 2 is 1.94 bits per heavy atom. The molecule has 34 heavy (non-hydrogen) atoms. The number of carbonyl (C=O) groups is 1. The average Bonchev–Trinajstić information content (AvgIpc) is 2.84. The van der Waals surface area contributed by atoms with Crippen LogP contribution in [0.3, 0.4) is 0 Å². The smallest absolute Gasteiger partial charge is 0.248 e. The Bertz CT molecular complexity index is 1140. The number of methoxy groups -OCH3 is 1. The molecule has 1 unspecified atom stereocenters. The first kappa shape index (κ1) is 24.3. The Kier molecular flexibility index (Phi) is 7.58. The molecule has 1 amide bonds. The number of carbonyl (C=O) groups excluding carboxylic acids is 1. The Hall–Kier alpha value is -2.84. The van der Waals surface area contributed by atoms with Crippen molar-refractivity contribution in [3.63, 3.8) is 0 Å². The molecule has 178 valence electrons. The fourth-order valence-electron chi connectivity index (χ4n) is 4.22. The lowest BCUT2D eigenvalue weighted by atomic mass is 10.00. The molecule has 3 N–H and O–H groups in total. The van der Waals surface area contributed by atoms with E-state index in [-0.39, 0.29) is 6.04 Å². The second-order valence-corrected chi connectivity index (χ2v) is 9.04. The number of nitrogens with two attached hydrogens (primary N) is 1. The maximum absolute atomic E-state index is 11.6. The molecule has 2 aromatic carbocycles. The van der Waals surface area contributed by atoms with E-state index < -0.39 is 12.0 Å². The van der Waals surface area contributed by atoms with Crippen molar-refractivity contribution in [1.29, 1.82) is 0 Å². The summed E-state index contributed by atoms with van der Waals surface area (Å²) in [7, 11) is 1.56. The van der Waals surface area contributed by atoms with Gasteiger partial charge in [0.15, 0.2) is 0 Å². The number of pyridine rings is 1. The van der Waals surface area contributed by atoms with Crippen molar-refractivity contribution in [3.8, 4) is 5.88 Å². The van der Waals surface area contributed by atoms with Gasteiger partial charge >= 0.3 is 0 Å². The molecule has 1 fully saturated rings. The lowest BCUT2D eigenvalue weighted by Gasteiger charge is -2.44. The van der Waals surface area contributed by atoms with Gasteiger partial charge in [-0.2, -0.15) is 0 Å². The van der Waals surface area contributed by atoms with Crippen LogP contribution in [0, 0.1) is 0 Å². The van der Waals surface area contributed by atoms with Gasteiger partial charge in [-0.05, 0) is 42.0 Å². The van der Waals surface area contributed by atoms with Crippen LogP contribution in [0.4, 0.5) is 5.69 Å². The van der Waals surface area contributed by atoms with Gasteiger partial charge < -0.3 is 20.5 Å². The maximum Gasteiger partial charge on any atom is 0.248 e. The third-order valence-corrected chi connectivity index (χ3v) is 6.60. The number of hydrogen-bond acceptors (Lipinski definition) is 6. The first-order chi connectivity index (χ1) is 16.4. The molecule has 0 saturated carbocycles. The molecule has 0 bridgehead atoms. The summed E-state index contributed by atoms with van der Waals surface area (Å²) in [5, 5.41) is 11.9. The van der Waals surface area contributed by atoms with Crippen LogP contribution in [0.5, 0.6) is 5.88 Å². The van der Waals surface area contributed by atoms with Crippen molar-refractivity contribution >= 4 is 34.8 Å². The summed E-state index contributed by atoms with van der Waals surface area (Å²) in [4.78, 5) is 20.2. The predicted octanol–water partition coefficient (Wildman–Crippen LogP) is 4.09. The van der Waals surface area contributed by atoms with Crippen LogP contribution in [0.2, 0.25) is 10.0 Å². The molecule has 0 radical (unpaired) electrons. The number of ether oxygens (including phenoxy) is 1. The third kappa shape index (κ3) is 5.45. The van der Waals surface area contributed by atoms with Crippen LogP contribution in [-0.4, -0.2) is 54.2 Å². The van der Waals surface area contributed by atoms with Crippen LogP contribution in [-0.2, 0) is 0 Å². The summed E-state index contributed by atoms with van der Waals surface area (Å²) in [6.07, 6.45) is 0.950. The van der Waals surface area contributed by atoms with Gasteiger partial charge in [-0.25, -0.2) is 4.98 Å². The molecule has 1 aromatic heterocycles. The quantitative estimate of drug-likeness (QED) is 0.507. The first-order valence-corrected chi connectivity index (χ1v) is 11.6.